The third kappa shape index (κ3) is 2.67. The van der Waals surface area contributed by atoms with Crippen LogP contribution in [0, 0.1) is 0 Å². The molecule has 0 N–H and O–H groups in total. The van der Waals surface area contributed by atoms with Crippen LogP contribution in [0.4, 0.5) is 0 Å². The van der Waals surface area contributed by atoms with Crippen molar-refractivity contribution in [1.29, 1.82) is 0 Å². The fraction of sp³-hybridized carbons (Fsp3) is 0.600. The summed E-state index contributed by atoms with van der Waals surface area (Å²) >= 11 is 0. The largest absolute Gasteiger partial charge is 0.493 e. The molecule has 0 saturated carbocycles. The maximum absolute atomic E-state index is 13.1. The number of piperidine rings is 1. The van der Waals surface area contributed by atoms with E-state index in [0.717, 1.165) is 49.8 Å². The van der Waals surface area contributed by atoms with Crippen molar-refractivity contribution in [3.8, 4) is 11.5 Å². The minimum Gasteiger partial charge on any atom is -0.493 e. The smallest absolute Gasteiger partial charge is 0.306 e. The molecule has 6 nitrogen and oxygen atoms in total. The number of unbranched alkanes of at least 4 members (excludes halogenated alkanes) is 3. The van der Waals surface area contributed by atoms with Crippen molar-refractivity contribution in [3.05, 3.63) is 35.4 Å². The van der Waals surface area contributed by atoms with Crippen molar-refractivity contribution in [2.75, 3.05) is 20.7 Å². The Kier molecular flexibility index (Phi) is 4.88. The van der Waals surface area contributed by atoms with Crippen LogP contribution in [0.5, 0.6) is 11.5 Å². The zero-order chi connectivity index (χ0) is 21.8. The van der Waals surface area contributed by atoms with Gasteiger partial charge in [0.2, 0.25) is 0 Å². The number of ketones is 1. The number of nitrogens with zero attached hydrogens (tertiary/aromatic N) is 1. The molecule has 2 aliphatic carbocycles. The van der Waals surface area contributed by atoms with Gasteiger partial charge in [-0.2, -0.15) is 0 Å². The van der Waals surface area contributed by atoms with Gasteiger partial charge in [0, 0.05) is 12.0 Å². The molecule has 1 aromatic rings. The lowest BCUT2D eigenvalue weighted by Crippen LogP contribution is -2.75. The van der Waals surface area contributed by atoms with Gasteiger partial charge >= 0.3 is 5.97 Å². The number of rotatable bonds is 7. The van der Waals surface area contributed by atoms with Crippen LogP contribution in [-0.4, -0.2) is 55.1 Å². The lowest BCUT2D eigenvalue weighted by molar-refractivity contribution is -0.190. The number of ether oxygens (including phenoxy) is 3. The standard InChI is InChI=1S/C25H31NO5/c1-4-5-6-7-8-20(28)31-25-12-11-17(27)23-24(25)13-14-26(2)19(25)15-16-9-10-18(29-3)22(30-23)21(16)24/h9-12,19,23H,4-8,13-15H2,1-3H3/t19-,23+,24+,25-/m1/s1. The lowest BCUT2D eigenvalue weighted by Gasteiger charge is -2.61. The van der Waals surface area contributed by atoms with Crippen molar-refractivity contribution in [2.24, 2.45) is 0 Å². The SMILES string of the molecule is CCCCCCC(=O)O[C@@]12C=CC(=O)[C@@H]3Oc4c(OC)ccc5c4[C@@]31CCN(C)[C@@H]2C5. The Labute approximate surface area is 183 Å². The summed E-state index contributed by atoms with van der Waals surface area (Å²) in [7, 11) is 3.70. The molecule has 5 rings (SSSR count). The maximum atomic E-state index is 13.1. The first-order valence-electron chi connectivity index (χ1n) is 11.5. The number of carbonyl (C=O) groups excluding carboxylic acids is 2. The average molecular weight is 426 g/mol. The molecule has 0 unspecified atom stereocenters. The van der Waals surface area contributed by atoms with Gasteiger partial charge < -0.3 is 14.2 Å². The summed E-state index contributed by atoms with van der Waals surface area (Å²) in [5, 5.41) is 0. The Morgan fingerprint density at radius 1 is 1.29 bits per heavy atom. The molecule has 1 saturated heterocycles. The molecule has 1 spiro atoms. The Balaban J connectivity index is 1.62. The van der Waals surface area contributed by atoms with Crippen LogP contribution < -0.4 is 9.47 Å². The molecule has 2 bridgehead atoms. The molecule has 4 aliphatic rings. The van der Waals surface area contributed by atoms with Crippen molar-refractivity contribution in [2.45, 2.75) is 75.0 Å². The number of hydrogen-bond acceptors (Lipinski definition) is 6. The van der Waals surface area contributed by atoms with Crippen LogP contribution in [0.1, 0.15) is 56.6 Å². The van der Waals surface area contributed by atoms with Crippen molar-refractivity contribution in [1.82, 2.24) is 4.90 Å². The first-order chi connectivity index (χ1) is 15.0. The summed E-state index contributed by atoms with van der Waals surface area (Å²) in [6.45, 7) is 2.97. The second kappa shape index (κ2) is 7.37. The van der Waals surface area contributed by atoms with E-state index in [2.05, 4.69) is 24.9 Å². The molecule has 0 aromatic heterocycles. The first-order valence-corrected chi connectivity index (χ1v) is 11.5. The molecule has 6 heteroatoms. The van der Waals surface area contributed by atoms with Crippen LogP contribution >= 0.6 is 0 Å². The van der Waals surface area contributed by atoms with E-state index < -0.39 is 17.1 Å². The van der Waals surface area contributed by atoms with Gasteiger partial charge in [-0.3, -0.25) is 14.5 Å². The number of esters is 1. The fourth-order valence-corrected chi connectivity index (χ4v) is 6.37. The van der Waals surface area contributed by atoms with Gasteiger partial charge in [-0.1, -0.05) is 32.3 Å². The molecule has 0 radical (unpaired) electrons. The van der Waals surface area contributed by atoms with Crippen molar-refractivity contribution < 1.29 is 23.8 Å². The molecular weight excluding hydrogens is 394 g/mol. The van der Waals surface area contributed by atoms with E-state index in [0.29, 0.717) is 24.3 Å². The molecule has 166 valence electrons. The summed E-state index contributed by atoms with van der Waals surface area (Å²) in [5.41, 5.74) is 0.558. The molecule has 1 aromatic carbocycles. The Bertz CT molecular complexity index is 955. The number of methoxy groups -OCH3 is 1. The molecule has 2 heterocycles. The second-order valence-electron chi connectivity index (χ2n) is 9.36. The number of hydrogen-bond donors (Lipinski definition) is 0. The third-order valence-electron chi connectivity index (χ3n) is 7.82. The molecule has 0 amide bonds. The number of likely N-dealkylation sites (N-methyl/N-ethyl adjacent to an activating group) is 1. The van der Waals surface area contributed by atoms with Crippen molar-refractivity contribution >= 4 is 11.8 Å². The van der Waals surface area contributed by atoms with Gasteiger partial charge in [0.15, 0.2) is 29.0 Å². The monoisotopic (exact) mass is 425 g/mol. The number of carbonyl (C=O) groups is 2. The first kappa shape index (κ1) is 20.6. The summed E-state index contributed by atoms with van der Waals surface area (Å²) in [4.78, 5) is 28.4. The van der Waals surface area contributed by atoms with Crippen molar-refractivity contribution in [3.63, 3.8) is 0 Å². The van der Waals surface area contributed by atoms with E-state index in [9.17, 15) is 9.59 Å². The Morgan fingerprint density at radius 2 is 2.13 bits per heavy atom. The van der Waals surface area contributed by atoms with Crippen LogP contribution in [0.2, 0.25) is 0 Å². The molecular formula is C25H31NO5. The van der Waals surface area contributed by atoms with E-state index in [1.165, 1.54) is 0 Å². The second-order valence-corrected chi connectivity index (χ2v) is 9.36. The summed E-state index contributed by atoms with van der Waals surface area (Å²) in [5.74, 6) is 1.03. The number of benzene rings is 1. The summed E-state index contributed by atoms with van der Waals surface area (Å²) < 4.78 is 18.3. The highest BCUT2D eigenvalue weighted by Crippen LogP contribution is 2.64. The topological polar surface area (TPSA) is 65.1 Å². The van der Waals surface area contributed by atoms with Crippen LogP contribution in [-0.2, 0) is 26.2 Å². The van der Waals surface area contributed by atoms with E-state index in [-0.39, 0.29) is 17.8 Å². The Morgan fingerprint density at radius 3 is 2.90 bits per heavy atom. The quantitative estimate of drug-likeness (QED) is 0.493. The summed E-state index contributed by atoms with van der Waals surface area (Å²) in [6, 6.07) is 3.96. The minimum absolute atomic E-state index is 0.0388. The van der Waals surface area contributed by atoms with E-state index in [4.69, 9.17) is 14.2 Å². The fourth-order valence-electron chi connectivity index (χ4n) is 6.37. The zero-order valence-electron chi connectivity index (χ0n) is 18.6. The van der Waals surface area contributed by atoms with Crippen LogP contribution in [0.25, 0.3) is 0 Å². The van der Waals surface area contributed by atoms with Gasteiger partial charge in [-0.25, -0.2) is 0 Å². The van der Waals surface area contributed by atoms with E-state index in [1.54, 1.807) is 13.2 Å². The highest BCUT2D eigenvalue weighted by Gasteiger charge is 2.74. The predicted molar refractivity (Wildman–Crippen MR) is 116 cm³/mol. The average Bonchev–Trinajstić information content (AvgIpc) is 3.12. The maximum Gasteiger partial charge on any atom is 0.306 e. The van der Waals surface area contributed by atoms with Crippen LogP contribution in [0.3, 0.4) is 0 Å². The van der Waals surface area contributed by atoms with Gasteiger partial charge in [0.1, 0.15) is 0 Å². The Hall–Kier alpha value is -2.34. The molecule has 31 heavy (non-hydrogen) atoms. The molecule has 2 aliphatic heterocycles. The van der Waals surface area contributed by atoms with E-state index in [1.807, 2.05) is 12.1 Å². The number of likely N-dealkylation sites (tertiary alicyclic amines) is 1. The third-order valence-corrected chi connectivity index (χ3v) is 7.82. The van der Waals surface area contributed by atoms with Crippen LogP contribution in [0.15, 0.2) is 24.3 Å². The van der Waals surface area contributed by atoms with Gasteiger partial charge in [-0.15, -0.1) is 0 Å². The highest BCUT2D eigenvalue weighted by molar-refractivity contribution is 5.99. The highest BCUT2D eigenvalue weighted by atomic mass is 16.6. The zero-order valence-corrected chi connectivity index (χ0v) is 18.6. The van der Waals surface area contributed by atoms with E-state index >= 15 is 0 Å². The van der Waals surface area contributed by atoms with Gasteiger partial charge in [0.05, 0.1) is 18.6 Å². The minimum atomic E-state index is -0.912. The van der Waals surface area contributed by atoms with Gasteiger partial charge in [-0.05, 0) is 56.6 Å². The molecule has 4 atom stereocenters. The predicted octanol–water partition coefficient (Wildman–Crippen LogP) is 3.35. The lowest BCUT2D eigenvalue weighted by atomic mass is 9.50. The normalized spacial score (nSPS) is 32.4. The summed E-state index contributed by atoms with van der Waals surface area (Å²) in [6.07, 6.45) is 8.69. The van der Waals surface area contributed by atoms with Gasteiger partial charge in [0.25, 0.3) is 0 Å². The molecule has 1 fully saturated rings.